The lowest BCUT2D eigenvalue weighted by molar-refractivity contribution is -0.921. The van der Waals surface area contributed by atoms with Gasteiger partial charge in [-0.25, -0.2) is 0 Å². The monoisotopic (exact) mass is 419 g/mol. The van der Waals surface area contributed by atoms with Crippen LogP contribution in [0.2, 0.25) is 0 Å². The number of rotatable bonds is 6. The molecule has 2 fully saturated rings. The van der Waals surface area contributed by atoms with Crippen LogP contribution in [0.4, 0.5) is 0 Å². The number of benzene rings is 1. The number of thiocarbonyl (C=S) groups is 1. The minimum atomic E-state index is 0.448. The standard InChI is InChI=1S/C22H34N4O2S/c1-16-6-4-5-7-20(16)23-22(29)25-24-17(2)18-8-9-21(27-3)19(14-18)15-26-10-12-28-13-11-26/h8-9,14,16,20H,4-7,10-13,15H2,1-3H3,(H2,23,25,29)/p+1/b24-17-/t16-,20-/m0/s1. The molecule has 1 heterocycles. The summed E-state index contributed by atoms with van der Waals surface area (Å²) < 4.78 is 11.1. The van der Waals surface area contributed by atoms with Crippen LogP contribution in [-0.4, -0.2) is 50.3 Å². The maximum atomic E-state index is 5.58. The summed E-state index contributed by atoms with van der Waals surface area (Å²) in [6, 6.07) is 6.71. The highest BCUT2D eigenvalue weighted by atomic mass is 32.1. The van der Waals surface area contributed by atoms with Gasteiger partial charge in [0, 0.05) is 11.6 Å². The fourth-order valence-corrected chi connectivity index (χ4v) is 4.38. The van der Waals surface area contributed by atoms with E-state index in [1.165, 1.54) is 36.1 Å². The molecule has 1 aliphatic carbocycles. The molecule has 1 aromatic rings. The van der Waals surface area contributed by atoms with Crippen LogP contribution >= 0.6 is 12.2 Å². The molecule has 0 amide bonds. The Morgan fingerprint density at radius 1 is 1.28 bits per heavy atom. The average molecular weight is 420 g/mol. The zero-order valence-electron chi connectivity index (χ0n) is 17.9. The third-order valence-electron chi connectivity index (χ3n) is 6.09. The second kappa shape index (κ2) is 10.9. The second-order valence-corrected chi connectivity index (χ2v) is 8.62. The Morgan fingerprint density at radius 3 is 2.76 bits per heavy atom. The molecular formula is C22H35N4O2S+. The van der Waals surface area contributed by atoms with Crippen LogP contribution < -0.4 is 20.4 Å². The third kappa shape index (κ3) is 6.39. The first kappa shape index (κ1) is 22.0. The van der Waals surface area contributed by atoms with E-state index in [4.69, 9.17) is 21.7 Å². The van der Waals surface area contributed by atoms with Crippen LogP contribution in [0.1, 0.15) is 50.7 Å². The van der Waals surface area contributed by atoms with Crippen molar-refractivity contribution in [1.82, 2.24) is 10.7 Å². The second-order valence-electron chi connectivity index (χ2n) is 8.22. The van der Waals surface area contributed by atoms with E-state index in [-0.39, 0.29) is 0 Å². The van der Waals surface area contributed by atoms with Gasteiger partial charge in [-0.15, -0.1) is 0 Å². The van der Waals surface area contributed by atoms with Gasteiger partial charge < -0.3 is 19.7 Å². The van der Waals surface area contributed by atoms with Gasteiger partial charge in [0.05, 0.1) is 26.0 Å². The summed E-state index contributed by atoms with van der Waals surface area (Å²) >= 11 is 5.47. The van der Waals surface area contributed by atoms with Gasteiger partial charge in [-0.05, 0) is 61.7 Å². The molecule has 1 saturated heterocycles. The normalized spacial score (nSPS) is 23.5. The van der Waals surface area contributed by atoms with E-state index >= 15 is 0 Å². The smallest absolute Gasteiger partial charge is 0.187 e. The Kier molecular flexibility index (Phi) is 8.27. The Morgan fingerprint density at radius 2 is 2.03 bits per heavy atom. The van der Waals surface area contributed by atoms with Gasteiger partial charge in [0.25, 0.3) is 0 Å². The summed E-state index contributed by atoms with van der Waals surface area (Å²) in [5, 5.41) is 8.57. The minimum absolute atomic E-state index is 0.448. The Hall–Kier alpha value is -1.70. The van der Waals surface area contributed by atoms with Crippen LogP contribution in [0.15, 0.2) is 23.3 Å². The molecule has 1 aliphatic heterocycles. The average Bonchev–Trinajstić information content (AvgIpc) is 2.74. The molecule has 7 heteroatoms. The van der Waals surface area contributed by atoms with Crippen LogP contribution in [0.25, 0.3) is 0 Å². The maximum absolute atomic E-state index is 5.58. The van der Waals surface area contributed by atoms with E-state index in [1.807, 2.05) is 13.0 Å². The lowest BCUT2D eigenvalue weighted by Crippen LogP contribution is -3.12. The van der Waals surface area contributed by atoms with Crippen LogP contribution in [0, 0.1) is 5.92 Å². The first-order chi connectivity index (χ1) is 14.1. The fraction of sp³-hybridized carbons (Fsp3) is 0.636. The van der Waals surface area contributed by atoms with Crippen molar-refractivity contribution in [3.05, 3.63) is 29.3 Å². The van der Waals surface area contributed by atoms with Crippen LogP contribution in [-0.2, 0) is 11.3 Å². The van der Waals surface area contributed by atoms with E-state index in [0.717, 1.165) is 49.9 Å². The first-order valence-corrected chi connectivity index (χ1v) is 11.2. The zero-order chi connectivity index (χ0) is 20.6. The summed E-state index contributed by atoms with van der Waals surface area (Å²) in [5.41, 5.74) is 6.22. The van der Waals surface area contributed by atoms with Gasteiger partial charge >= 0.3 is 0 Å². The molecule has 3 rings (SSSR count). The topological polar surface area (TPSA) is 59.3 Å². The van der Waals surface area contributed by atoms with Gasteiger partial charge in [0.15, 0.2) is 5.11 Å². The molecule has 0 radical (unpaired) electrons. The highest BCUT2D eigenvalue weighted by Gasteiger charge is 2.21. The van der Waals surface area contributed by atoms with Crippen LogP contribution in [0.5, 0.6) is 5.75 Å². The van der Waals surface area contributed by atoms with Crippen LogP contribution in [0.3, 0.4) is 0 Å². The van der Waals surface area contributed by atoms with Crippen molar-refractivity contribution < 1.29 is 14.4 Å². The molecule has 1 aromatic carbocycles. The predicted molar refractivity (Wildman–Crippen MR) is 121 cm³/mol. The molecule has 0 unspecified atom stereocenters. The molecule has 29 heavy (non-hydrogen) atoms. The number of nitrogens with one attached hydrogen (secondary N) is 3. The molecule has 0 bridgehead atoms. The molecule has 0 spiro atoms. The number of nitrogens with zero attached hydrogens (tertiary/aromatic N) is 1. The van der Waals surface area contributed by atoms with Gasteiger partial charge in [-0.1, -0.05) is 19.8 Å². The largest absolute Gasteiger partial charge is 0.496 e. The summed E-state index contributed by atoms with van der Waals surface area (Å²) in [5.74, 6) is 1.58. The Balaban J connectivity index is 1.62. The van der Waals surface area contributed by atoms with Crippen molar-refractivity contribution in [2.24, 2.45) is 11.0 Å². The van der Waals surface area contributed by atoms with E-state index in [9.17, 15) is 0 Å². The number of hydrogen-bond acceptors (Lipinski definition) is 4. The minimum Gasteiger partial charge on any atom is -0.496 e. The highest BCUT2D eigenvalue weighted by Crippen LogP contribution is 2.23. The number of ether oxygens (including phenoxy) is 2. The summed E-state index contributed by atoms with van der Waals surface area (Å²) in [6.45, 7) is 8.94. The lowest BCUT2D eigenvalue weighted by Gasteiger charge is -2.30. The van der Waals surface area contributed by atoms with E-state index < -0.39 is 0 Å². The van der Waals surface area contributed by atoms with Gasteiger partial charge in [-0.3, -0.25) is 5.43 Å². The van der Waals surface area contributed by atoms with Crippen molar-refractivity contribution >= 4 is 23.0 Å². The lowest BCUT2D eigenvalue weighted by atomic mass is 9.86. The number of methoxy groups -OCH3 is 1. The van der Waals surface area contributed by atoms with Crippen molar-refractivity contribution in [3.8, 4) is 5.75 Å². The van der Waals surface area contributed by atoms with Crippen molar-refractivity contribution in [2.75, 3.05) is 33.4 Å². The maximum Gasteiger partial charge on any atom is 0.187 e. The zero-order valence-corrected chi connectivity index (χ0v) is 18.7. The quantitative estimate of drug-likeness (QED) is 0.373. The van der Waals surface area contributed by atoms with Gasteiger partial charge in [0.1, 0.15) is 25.4 Å². The van der Waals surface area contributed by atoms with E-state index in [0.29, 0.717) is 17.1 Å². The molecule has 0 aromatic heterocycles. The fourth-order valence-electron chi connectivity index (χ4n) is 4.18. The molecule has 2 aliphatic rings. The van der Waals surface area contributed by atoms with Crippen molar-refractivity contribution in [2.45, 2.75) is 52.1 Å². The molecule has 6 nitrogen and oxygen atoms in total. The summed E-state index contributed by atoms with van der Waals surface area (Å²) in [6.07, 6.45) is 5.04. The van der Waals surface area contributed by atoms with Gasteiger partial charge in [-0.2, -0.15) is 5.10 Å². The number of morpholine rings is 1. The number of quaternary nitrogens is 1. The Bertz CT molecular complexity index is 719. The van der Waals surface area contributed by atoms with Gasteiger partial charge in [0.2, 0.25) is 0 Å². The summed E-state index contributed by atoms with van der Waals surface area (Å²) in [4.78, 5) is 1.52. The van der Waals surface area contributed by atoms with Crippen molar-refractivity contribution in [3.63, 3.8) is 0 Å². The highest BCUT2D eigenvalue weighted by molar-refractivity contribution is 7.80. The molecule has 3 N–H and O–H groups in total. The van der Waals surface area contributed by atoms with E-state index in [2.05, 4.69) is 34.9 Å². The SMILES string of the molecule is COc1ccc(/C(C)=N\NC(=S)N[C@H]2CCCC[C@@H]2C)cc1C[NH+]1CCOCC1. The van der Waals surface area contributed by atoms with E-state index in [1.54, 1.807) is 7.11 Å². The number of hydrazone groups is 1. The van der Waals surface area contributed by atoms with Crippen molar-refractivity contribution in [1.29, 1.82) is 0 Å². The molecule has 160 valence electrons. The molecule has 2 atom stereocenters. The summed E-state index contributed by atoms with van der Waals surface area (Å²) in [7, 11) is 1.73. The number of hydrogen-bond donors (Lipinski definition) is 3. The molecule has 1 saturated carbocycles. The third-order valence-corrected chi connectivity index (χ3v) is 6.30. The Labute approximate surface area is 180 Å². The first-order valence-electron chi connectivity index (χ1n) is 10.8. The predicted octanol–water partition coefficient (Wildman–Crippen LogP) is 1.88. The molecular weight excluding hydrogens is 384 g/mol.